The third-order valence-corrected chi connectivity index (χ3v) is 5.46. The Balaban J connectivity index is 1.61. The maximum absolute atomic E-state index is 11.5. The minimum atomic E-state index is -1.14. The third kappa shape index (κ3) is 4.96. The number of aliphatic hydroxyl groups excluding tert-OH is 1. The molecule has 0 amide bonds. The van der Waals surface area contributed by atoms with E-state index in [-0.39, 0.29) is 19.3 Å². The van der Waals surface area contributed by atoms with Crippen molar-refractivity contribution in [2.45, 2.75) is 37.5 Å². The van der Waals surface area contributed by atoms with Crippen molar-refractivity contribution in [3.05, 3.63) is 54.1 Å². The highest BCUT2D eigenvalue weighted by Crippen LogP contribution is 2.35. The second kappa shape index (κ2) is 9.15. The van der Waals surface area contributed by atoms with Gasteiger partial charge in [0.15, 0.2) is 12.3 Å². The van der Waals surface area contributed by atoms with Gasteiger partial charge in [-0.2, -0.15) is 0 Å². The van der Waals surface area contributed by atoms with E-state index in [1.54, 1.807) is 6.92 Å². The van der Waals surface area contributed by atoms with Gasteiger partial charge in [0.2, 0.25) is 0 Å². The number of carbonyl (C=O) groups excluding carboxylic acids is 1. The van der Waals surface area contributed by atoms with Gasteiger partial charge < -0.3 is 19.5 Å². The molecule has 5 nitrogen and oxygen atoms in total. The van der Waals surface area contributed by atoms with Crippen LogP contribution in [0.5, 0.6) is 5.75 Å². The molecule has 0 saturated heterocycles. The number of hydrogen-bond donors (Lipinski definition) is 1. The van der Waals surface area contributed by atoms with E-state index in [0.29, 0.717) is 0 Å². The number of rotatable bonds is 7. The van der Waals surface area contributed by atoms with Crippen LogP contribution < -0.4 is 9.64 Å². The quantitative estimate of drug-likeness (QED) is 0.734. The van der Waals surface area contributed by atoms with Gasteiger partial charge in [-0.1, -0.05) is 24.3 Å². The molecule has 2 aromatic rings. The highest BCUT2D eigenvalue weighted by molar-refractivity contribution is 7.99. The molecule has 2 unspecified atom stereocenters. The van der Waals surface area contributed by atoms with Gasteiger partial charge in [0.05, 0.1) is 12.3 Å². The minimum Gasteiger partial charge on any atom is -0.471 e. The van der Waals surface area contributed by atoms with Crippen molar-refractivity contribution in [1.82, 2.24) is 0 Å². The first kappa shape index (κ1) is 19.6. The fourth-order valence-corrected chi connectivity index (χ4v) is 4.09. The lowest BCUT2D eigenvalue weighted by molar-refractivity contribution is -0.152. The summed E-state index contributed by atoms with van der Waals surface area (Å²) in [5.74, 6) is 1.20. The number of nitrogens with zero attached hydrogens (tertiary/aromatic N) is 1. The molecule has 6 heteroatoms. The second-order valence-corrected chi connectivity index (χ2v) is 7.48. The Hall–Kier alpha value is -2.18. The Morgan fingerprint density at radius 2 is 1.96 bits per heavy atom. The summed E-state index contributed by atoms with van der Waals surface area (Å²) in [6, 6.07) is 15.8. The van der Waals surface area contributed by atoms with E-state index in [2.05, 4.69) is 23.1 Å². The van der Waals surface area contributed by atoms with Gasteiger partial charge in [-0.15, -0.1) is 11.8 Å². The molecule has 0 aromatic heterocycles. The Bertz CT molecular complexity index is 765. The van der Waals surface area contributed by atoms with E-state index >= 15 is 0 Å². The molecule has 0 radical (unpaired) electrons. The Kier molecular flexibility index (Phi) is 6.63. The average Bonchev–Trinajstić information content (AvgIpc) is 2.69. The van der Waals surface area contributed by atoms with Gasteiger partial charge in [-0.25, -0.2) is 4.79 Å². The number of anilines is 1. The Morgan fingerprint density at radius 3 is 2.70 bits per heavy atom. The number of ether oxygens (including phenoxy) is 2. The van der Waals surface area contributed by atoms with Crippen molar-refractivity contribution >= 4 is 23.4 Å². The number of fused-ring (bicyclic) bond motifs is 1. The monoisotopic (exact) mass is 387 g/mol. The van der Waals surface area contributed by atoms with Crippen molar-refractivity contribution in [2.75, 3.05) is 23.8 Å². The number of aliphatic hydroxyl groups is 1. The van der Waals surface area contributed by atoms with Crippen LogP contribution in [0.2, 0.25) is 0 Å². The van der Waals surface area contributed by atoms with E-state index in [1.807, 2.05) is 49.0 Å². The van der Waals surface area contributed by atoms with Crippen LogP contribution in [0.1, 0.15) is 19.4 Å². The van der Waals surface area contributed by atoms with Crippen molar-refractivity contribution < 1.29 is 19.4 Å². The topological polar surface area (TPSA) is 59.0 Å². The molecular weight excluding hydrogens is 362 g/mol. The zero-order valence-corrected chi connectivity index (χ0v) is 16.4. The normalized spacial score (nSPS) is 15.6. The predicted molar refractivity (Wildman–Crippen MR) is 107 cm³/mol. The first-order valence-corrected chi connectivity index (χ1v) is 10.2. The number of hydrogen-bond acceptors (Lipinski definition) is 6. The number of esters is 1. The molecule has 0 spiro atoms. The van der Waals surface area contributed by atoms with Crippen molar-refractivity contribution in [3.63, 3.8) is 0 Å². The van der Waals surface area contributed by atoms with Crippen molar-refractivity contribution in [1.29, 1.82) is 0 Å². The molecule has 0 saturated carbocycles. The fourth-order valence-electron chi connectivity index (χ4n) is 3.08. The molecular formula is C21H25NO4S. The van der Waals surface area contributed by atoms with E-state index in [1.165, 1.54) is 10.6 Å². The molecule has 0 aliphatic carbocycles. The van der Waals surface area contributed by atoms with E-state index in [0.717, 1.165) is 23.6 Å². The molecule has 2 aromatic carbocycles. The summed E-state index contributed by atoms with van der Waals surface area (Å²) < 4.78 is 10.9. The lowest BCUT2D eigenvalue weighted by atomic mass is 10.1. The van der Waals surface area contributed by atoms with Gasteiger partial charge >= 0.3 is 5.97 Å². The van der Waals surface area contributed by atoms with Crippen LogP contribution in [0.3, 0.4) is 0 Å². The lowest BCUT2D eigenvalue weighted by Crippen LogP contribution is -2.40. The number of carbonyl (C=O) groups is 1. The largest absolute Gasteiger partial charge is 0.471 e. The predicted octanol–water partition coefficient (Wildman–Crippen LogP) is 3.49. The summed E-state index contributed by atoms with van der Waals surface area (Å²) in [6.07, 6.45) is -1.01. The minimum absolute atomic E-state index is 0.0944. The zero-order chi connectivity index (χ0) is 19.2. The van der Waals surface area contributed by atoms with Crippen LogP contribution in [0.15, 0.2) is 53.4 Å². The summed E-state index contributed by atoms with van der Waals surface area (Å²) in [5, 5.41) is 9.87. The first-order chi connectivity index (χ1) is 13.1. The third-order valence-electron chi connectivity index (χ3n) is 4.42. The molecule has 0 fully saturated rings. The van der Waals surface area contributed by atoms with Gasteiger partial charge in [-0.3, -0.25) is 0 Å². The van der Waals surface area contributed by atoms with E-state index in [4.69, 9.17) is 9.47 Å². The van der Waals surface area contributed by atoms with Crippen LogP contribution in [-0.4, -0.2) is 42.3 Å². The number of benzene rings is 2. The molecule has 144 valence electrons. The maximum atomic E-state index is 11.5. The van der Waals surface area contributed by atoms with Crippen LogP contribution in [0.25, 0.3) is 0 Å². The van der Waals surface area contributed by atoms with Gasteiger partial charge in [-0.05, 0) is 43.7 Å². The molecule has 2 atom stereocenters. The molecule has 1 aliphatic heterocycles. The fraction of sp³-hybridized carbons (Fsp3) is 0.381. The van der Waals surface area contributed by atoms with Crippen molar-refractivity contribution in [3.8, 4) is 5.75 Å². The smallest absolute Gasteiger partial charge is 0.335 e. The zero-order valence-electron chi connectivity index (χ0n) is 15.6. The summed E-state index contributed by atoms with van der Waals surface area (Å²) >= 11 is 1.87. The molecule has 1 aliphatic rings. The van der Waals surface area contributed by atoms with Crippen LogP contribution in [-0.2, 0) is 16.0 Å². The molecule has 1 heterocycles. The van der Waals surface area contributed by atoms with Crippen LogP contribution in [0.4, 0.5) is 5.69 Å². The summed E-state index contributed by atoms with van der Waals surface area (Å²) in [5.41, 5.74) is 2.06. The summed E-state index contributed by atoms with van der Waals surface area (Å²) in [6.45, 7) is 4.97. The highest BCUT2D eigenvalue weighted by Gasteiger charge is 2.22. The Morgan fingerprint density at radius 1 is 1.22 bits per heavy atom. The maximum Gasteiger partial charge on any atom is 0.335 e. The summed E-state index contributed by atoms with van der Waals surface area (Å²) in [4.78, 5) is 15.1. The van der Waals surface area contributed by atoms with Gasteiger partial charge in [0.25, 0.3) is 0 Å². The van der Waals surface area contributed by atoms with Gasteiger partial charge in [0, 0.05) is 23.6 Å². The SMILES string of the molecule is CCOC(=O)C(O)Cc1ccc(OC(C)N2CCSc3ccccc32)cc1. The van der Waals surface area contributed by atoms with E-state index in [9.17, 15) is 9.90 Å². The first-order valence-electron chi connectivity index (χ1n) is 9.17. The van der Waals surface area contributed by atoms with Crippen LogP contribution >= 0.6 is 11.8 Å². The van der Waals surface area contributed by atoms with Gasteiger partial charge in [0.1, 0.15) is 5.75 Å². The average molecular weight is 388 g/mol. The molecule has 1 N–H and O–H groups in total. The number of para-hydroxylation sites is 1. The molecule has 27 heavy (non-hydrogen) atoms. The second-order valence-electron chi connectivity index (χ2n) is 6.34. The molecule has 0 bridgehead atoms. The Labute approximate surface area is 164 Å². The summed E-state index contributed by atoms with van der Waals surface area (Å²) in [7, 11) is 0. The lowest BCUT2D eigenvalue weighted by Gasteiger charge is -2.35. The van der Waals surface area contributed by atoms with Crippen molar-refractivity contribution in [2.24, 2.45) is 0 Å². The van der Waals surface area contributed by atoms with Crippen LogP contribution in [0, 0.1) is 0 Å². The number of thioether (sulfide) groups is 1. The highest BCUT2D eigenvalue weighted by atomic mass is 32.2. The van der Waals surface area contributed by atoms with E-state index < -0.39 is 12.1 Å². The standard InChI is InChI=1S/C21H25NO4S/c1-3-25-21(24)19(23)14-16-8-10-17(11-9-16)26-15(2)22-12-13-27-20-7-5-4-6-18(20)22/h4-11,15,19,23H,3,12-14H2,1-2H3. The molecule has 3 rings (SSSR count).